The molecule has 0 fully saturated rings. The summed E-state index contributed by atoms with van der Waals surface area (Å²) in [5.74, 6) is -1.63. The third-order valence-electron chi connectivity index (χ3n) is 2.63. The molecule has 1 N–H and O–H groups in total. The second kappa shape index (κ2) is 5.73. The van der Waals surface area contributed by atoms with Crippen molar-refractivity contribution >= 4 is 0 Å². The molecule has 0 aliphatic heterocycles. The zero-order valence-corrected chi connectivity index (χ0v) is 10.2. The molecule has 2 aromatic rings. The Hall–Kier alpha value is -1.75. The summed E-state index contributed by atoms with van der Waals surface area (Å²) in [7, 11) is 0. The van der Waals surface area contributed by atoms with Crippen LogP contribution in [0.3, 0.4) is 0 Å². The van der Waals surface area contributed by atoms with Crippen LogP contribution in [0.4, 0.5) is 8.78 Å². The Morgan fingerprint density at radius 2 is 2.17 bits per heavy atom. The highest BCUT2D eigenvalue weighted by Gasteiger charge is 2.08. The van der Waals surface area contributed by atoms with Crippen molar-refractivity contribution in [3.63, 3.8) is 0 Å². The second-order valence-electron chi connectivity index (χ2n) is 4.04. The molecule has 0 radical (unpaired) electrons. The van der Waals surface area contributed by atoms with Gasteiger partial charge in [0.05, 0.1) is 12.7 Å². The van der Waals surface area contributed by atoms with Gasteiger partial charge < -0.3 is 5.32 Å². The van der Waals surface area contributed by atoms with Gasteiger partial charge in [0.25, 0.3) is 0 Å². The maximum Gasteiger partial charge on any atom is 0.163 e. The summed E-state index contributed by atoms with van der Waals surface area (Å²) in [6.07, 6.45) is 3.55. The average Bonchev–Trinajstić information content (AvgIpc) is 2.80. The largest absolute Gasteiger partial charge is 0.313 e. The molecule has 0 aliphatic carbocycles. The number of hydrogen-bond acceptors (Lipinski definition) is 2. The van der Waals surface area contributed by atoms with E-state index in [4.69, 9.17) is 0 Å². The number of hydrogen-bond donors (Lipinski definition) is 1. The van der Waals surface area contributed by atoms with E-state index in [1.165, 1.54) is 6.07 Å². The minimum atomic E-state index is -0.826. The molecular weight excluding hydrogens is 236 g/mol. The molecule has 0 spiro atoms. The standard InChI is InChI=1S/C13H15F2N3/c1-2-16-6-10-7-17-18(8-10)9-11-4-3-5-12(14)13(11)15/h3-5,7-8,16H,2,6,9H2,1H3. The SMILES string of the molecule is CCNCc1cnn(Cc2cccc(F)c2F)c1. The Labute approximate surface area is 104 Å². The van der Waals surface area contributed by atoms with Crippen LogP contribution in [0.25, 0.3) is 0 Å². The lowest BCUT2D eigenvalue weighted by atomic mass is 10.2. The van der Waals surface area contributed by atoms with Gasteiger partial charge in [0.2, 0.25) is 0 Å². The maximum atomic E-state index is 13.5. The molecule has 0 bridgehead atoms. The highest BCUT2D eigenvalue weighted by molar-refractivity contribution is 5.19. The van der Waals surface area contributed by atoms with Crippen molar-refractivity contribution in [3.05, 3.63) is 53.4 Å². The van der Waals surface area contributed by atoms with Gasteiger partial charge in [0, 0.05) is 23.9 Å². The third-order valence-corrected chi connectivity index (χ3v) is 2.63. The van der Waals surface area contributed by atoms with Gasteiger partial charge in [-0.15, -0.1) is 0 Å². The predicted molar refractivity (Wildman–Crippen MR) is 65.1 cm³/mol. The first kappa shape index (κ1) is 12.7. The van der Waals surface area contributed by atoms with Crippen LogP contribution in [-0.4, -0.2) is 16.3 Å². The van der Waals surface area contributed by atoms with E-state index < -0.39 is 11.6 Å². The summed E-state index contributed by atoms with van der Waals surface area (Å²) in [5, 5.41) is 7.30. The third kappa shape index (κ3) is 2.92. The van der Waals surface area contributed by atoms with Gasteiger partial charge in [-0.25, -0.2) is 8.78 Å². The molecule has 0 aliphatic rings. The highest BCUT2D eigenvalue weighted by Crippen LogP contribution is 2.12. The zero-order chi connectivity index (χ0) is 13.0. The van der Waals surface area contributed by atoms with Gasteiger partial charge >= 0.3 is 0 Å². The molecule has 0 saturated carbocycles. The molecule has 1 aromatic heterocycles. The minimum Gasteiger partial charge on any atom is -0.313 e. The molecule has 3 nitrogen and oxygen atoms in total. The van der Waals surface area contributed by atoms with Crippen molar-refractivity contribution in [1.29, 1.82) is 0 Å². The summed E-state index contributed by atoms with van der Waals surface area (Å²) < 4.78 is 28.1. The van der Waals surface area contributed by atoms with Gasteiger partial charge in [-0.05, 0) is 12.6 Å². The number of benzene rings is 1. The lowest BCUT2D eigenvalue weighted by molar-refractivity contribution is 0.492. The molecule has 1 heterocycles. The minimum absolute atomic E-state index is 0.232. The van der Waals surface area contributed by atoms with E-state index >= 15 is 0 Å². The summed E-state index contributed by atoms with van der Waals surface area (Å²) in [6.45, 7) is 3.86. The summed E-state index contributed by atoms with van der Waals surface area (Å²) >= 11 is 0. The molecule has 1 aromatic carbocycles. The van der Waals surface area contributed by atoms with Gasteiger partial charge in [-0.2, -0.15) is 5.10 Å². The van der Waals surface area contributed by atoms with Gasteiger partial charge in [-0.3, -0.25) is 4.68 Å². The first-order valence-electron chi connectivity index (χ1n) is 5.85. The normalized spacial score (nSPS) is 10.8. The fourth-order valence-corrected chi connectivity index (χ4v) is 1.70. The smallest absolute Gasteiger partial charge is 0.163 e. The zero-order valence-electron chi connectivity index (χ0n) is 10.2. The number of nitrogens with zero attached hydrogens (tertiary/aromatic N) is 2. The monoisotopic (exact) mass is 251 g/mol. The maximum absolute atomic E-state index is 13.5. The van der Waals surface area contributed by atoms with Crippen molar-refractivity contribution in [1.82, 2.24) is 15.1 Å². The van der Waals surface area contributed by atoms with Crippen LogP contribution in [0.15, 0.2) is 30.6 Å². The van der Waals surface area contributed by atoms with E-state index in [-0.39, 0.29) is 6.54 Å². The van der Waals surface area contributed by atoms with Crippen molar-refractivity contribution < 1.29 is 8.78 Å². The van der Waals surface area contributed by atoms with Crippen LogP contribution in [-0.2, 0) is 13.1 Å². The number of nitrogens with one attached hydrogen (secondary N) is 1. The number of aromatic nitrogens is 2. The van der Waals surface area contributed by atoms with Crippen LogP contribution in [0.1, 0.15) is 18.1 Å². The van der Waals surface area contributed by atoms with Crippen molar-refractivity contribution in [3.8, 4) is 0 Å². The van der Waals surface area contributed by atoms with Crippen LogP contribution in [0.2, 0.25) is 0 Å². The average molecular weight is 251 g/mol. The lowest BCUT2D eigenvalue weighted by Gasteiger charge is -2.04. The number of halogens is 2. The Balaban J connectivity index is 2.09. The van der Waals surface area contributed by atoms with Gasteiger partial charge in [0.15, 0.2) is 11.6 Å². The van der Waals surface area contributed by atoms with E-state index in [1.54, 1.807) is 16.9 Å². The molecular formula is C13H15F2N3. The molecule has 0 atom stereocenters. The Kier molecular flexibility index (Phi) is 4.04. The quantitative estimate of drug-likeness (QED) is 0.883. The Morgan fingerprint density at radius 1 is 1.33 bits per heavy atom. The van der Waals surface area contributed by atoms with Gasteiger partial charge in [0.1, 0.15) is 0 Å². The molecule has 0 saturated heterocycles. The van der Waals surface area contributed by atoms with Crippen molar-refractivity contribution in [2.24, 2.45) is 0 Å². The van der Waals surface area contributed by atoms with E-state index in [1.807, 2.05) is 13.1 Å². The van der Waals surface area contributed by atoms with E-state index in [0.29, 0.717) is 5.56 Å². The number of rotatable bonds is 5. The fraction of sp³-hybridized carbons (Fsp3) is 0.308. The fourth-order valence-electron chi connectivity index (χ4n) is 1.70. The predicted octanol–water partition coefficient (Wildman–Crippen LogP) is 2.32. The van der Waals surface area contributed by atoms with Gasteiger partial charge in [-0.1, -0.05) is 19.1 Å². The highest BCUT2D eigenvalue weighted by atomic mass is 19.2. The van der Waals surface area contributed by atoms with Crippen LogP contribution < -0.4 is 5.32 Å². The van der Waals surface area contributed by atoms with E-state index in [9.17, 15) is 8.78 Å². The molecule has 5 heteroatoms. The van der Waals surface area contributed by atoms with E-state index in [2.05, 4.69) is 10.4 Å². The second-order valence-corrected chi connectivity index (χ2v) is 4.04. The first-order valence-corrected chi connectivity index (χ1v) is 5.85. The molecule has 2 rings (SSSR count). The van der Waals surface area contributed by atoms with Crippen molar-refractivity contribution in [2.45, 2.75) is 20.0 Å². The summed E-state index contributed by atoms with van der Waals surface area (Å²) in [6, 6.07) is 4.17. The topological polar surface area (TPSA) is 29.9 Å². The van der Waals surface area contributed by atoms with Crippen LogP contribution in [0.5, 0.6) is 0 Å². The van der Waals surface area contributed by atoms with Crippen LogP contribution in [0, 0.1) is 11.6 Å². The Morgan fingerprint density at radius 3 is 2.94 bits per heavy atom. The van der Waals surface area contributed by atoms with E-state index in [0.717, 1.165) is 24.7 Å². The summed E-state index contributed by atoms with van der Waals surface area (Å²) in [5.41, 5.74) is 1.32. The Bertz CT molecular complexity index is 523. The molecule has 0 unspecified atom stereocenters. The molecule has 0 amide bonds. The van der Waals surface area contributed by atoms with Crippen LogP contribution >= 0.6 is 0 Å². The lowest BCUT2D eigenvalue weighted by Crippen LogP contribution is -2.11. The summed E-state index contributed by atoms with van der Waals surface area (Å²) in [4.78, 5) is 0. The first-order chi connectivity index (χ1) is 8.70. The van der Waals surface area contributed by atoms with Crippen molar-refractivity contribution in [2.75, 3.05) is 6.54 Å². The molecule has 18 heavy (non-hydrogen) atoms. The molecule has 96 valence electrons.